The molecule has 65 valence electrons. The zero-order valence-electron chi connectivity index (χ0n) is 6.36. The third-order valence-corrected chi connectivity index (χ3v) is 2.39. The largest absolute Gasteiger partial charge is 0.366 e. The first-order valence-corrected chi connectivity index (χ1v) is 4.20. The molecular weight excluding hydrogens is 236 g/mol. The van der Waals surface area contributed by atoms with E-state index in [9.17, 15) is 4.79 Å². The Kier molecular flexibility index (Phi) is 1.77. The van der Waals surface area contributed by atoms with E-state index in [1.54, 1.807) is 12.3 Å². The van der Waals surface area contributed by atoms with Crippen molar-refractivity contribution in [3.63, 3.8) is 0 Å². The first kappa shape index (κ1) is 8.18. The summed E-state index contributed by atoms with van der Waals surface area (Å²) in [6.07, 6.45) is 4.03. The van der Waals surface area contributed by atoms with Crippen LogP contribution in [0.5, 0.6) is 0 Å². The van der Waals surface area contributed by atoms with Gasteiger partial charge in [0, 0.05) is 6.20 Å². The van der Waals surface area contributed by atoms with E-state index in [4.69, 9.17) is 5.73 Å². The molecule has 0 bridgehead atoms. The Bertz CT molecular complexity index is 478. The maximum atomic E-state index is 10.9. The maximum Gasteiger partial charge on any atom is 0.250 e. The second kappa shape index (κ2) is 2.81. The molecule has 6 heteroatoms. The van der Waals surface area contributed by atoms with Crippen LogP contribution in [0.2, 0.25) is 0 Å². The number of halogens is 1. The Hall–Kier alpha value is -1.43. The van der Waals surface area contributed by atoms with Crippen molar-refractivity contribution in [1.82, 2.24) is 14.6 Å². The molecule has 0 aliphatic heterocycles. The number of amides is 1. The molecule has 0 aromatic carbocycles. The van der Waals surface area contributed by atoms with Crippen LogP contribution in [0.15, 0.2) is 16.7 Å². The van der Waals surface area contributed by atoms with Gasteiger partial charge in [-0.1, -0.05) is 0 Å². The lowest BCUT2D eigenvalue weighted by Crippen LogP contribution is -2.12. The summed E-state index contributed by atoms with van der Waals surface area (Å²) < 4.78 is 2.03. The molecule has 2 rings (SSSR count). The molecule has 13 heavy (non-hydrogen) atoms. The standard InChI is InChI=1S/C7H4BrN4O/c8-5-4(6(9)13)1-2-12-7(5)10-3-11-12/h1-2H,(H2,9,13). The van der Waals surface area contributed by atoms with Gasteiger partial charge in [-0.25, -0.2) is 9.50 Å². The van der Waals surface area contributed by atoms with E-state index in [2.05, 4.69) is 32.3 Å². The van der Waals surface area contributed by atoms with Gasteiger partial charge in [0.25, 0.3) is 0 Å². The van der Waals surface area contributed by atoms with E-state index in [0.717, 1.165) is 0 Å². The smallest absolute Gasteiger partial charge is 0.250 e. The van der Waals surface area contributed by atoms with Gasteiger partial charge >= 0.3 is 0 Å². The molecule has 1 radical (unpaired) electrons. The van der Waals surface area contributed by atoms with Crippen molar-refractivity contribution in [2.45, 2.75) is 0 Å². The molecule has 0 aliphatic rings. The van der Waals surface area contributed by atoms with Gasteiger partial charge < -0.3 is 5.73 Å². The van der Waals surface area contributed by atoms with Crippen molar-refractivity contribution in [2.24, 2.45) is 5.73 Å². The van der Waals surface area contributed by atoms with Crippen molar-refractivity contribution >= 4 is 27.5 Å². The van der Waals surface area contributed by atoms with Crippen molar-refractivity contribution < 1.29 is 4.79 Å². The monoisotopic (exact) mass is 239 g/mol. The summed E-state index contributed by atoms with van der Waals surface area (Å²) in [6, 6.07) is 1.57. The first-order valence-electron chi connectivity index (χ1n) is 3.41. The average Bonchev–Trinajstić information content (AvgIpc) is 2.52. The fourth-order valence-corrected chi connectivity index (χ4v) is 1.60. The molecular formula is C7H4BrN4O. The topological polar surface area (TPSA) is 73.3 Å². The number of fused-ring (bicyclic) bond motifs is 1. The van der Waals surface area contributed by atoms with Gasteiger partial charge in [-0.2, -0.15) is 0 Å². The summed E-state index contributed by atoms with van der Waals surface area (Å²) >= 11 is 3.22. The number of pyridine rings is 1. The molecule has 0 atom stereocenters. The summed E-state index contributed by atoms with van der Waals surface area (Å²) in [6.45, 7) is 0. The molecule has 0 spiro atoms. The first-order chi connectivity index (χ1) is 6.20. The number of nitrogens with zero attached hydrogens (tertiary/aromatic N) is 3. The lowest BCUT2D eigenvalue weighted by atomic mass is 10.2. The molecule has 0 fully saturated rings. The zero-order chi connectivity index (χ0) is 9.42. The van der Waals surface area contributed by atoms with Gasteiger partial charge in [0.15, 0.2) is 5.65 Å². The number of hydrogen-bond acceptors (Lipinski definition) is 3. The Labute approximate surface area is 81.7 Å². The molecule has 0 saturated heterocycles. The number of rotatable bonds is 1. The number of hydrogen-bond donors (Lipinski definition) is 1. The normalized spacial score (nSPS) is 10.5. The van der Waals surface area contributed by atoms with Crippen LogP contribution in [0.3, 0.4) is 0 Å². The fourth-order valence-electron chi connectivity index (χ4n) is 0.999. The third-order valence-electron chi connectivity index (χ3n) is 1.61. The quantitative estimate of drug-likeness (QED) is 0.783. The minimum absolute atomic E-state index is 0.383. The summed E-state index contributed by atoms with van der Waals surface area (Å²) in [5.41, 5.74) is 6.05. The van der Waals surface area contributed by atoms with Crippen molar-refractivity contribution in [2.75, 3.05) is 0 Å². The highest BCUT2D eigenvalue weighted by Gasteiger charge is 2.10. The van der Waals surface area contributed by atoms with E-state index < -0.39 is 5.91 Å². The Morgan fingerprint density at radius 1 is 1.69 bits per heavy atom. The molecule has 2 heterocycles. The van der Waals surface area contributed by atoms with Crippen LogP contribution in [0.1, 0.15) is 10.4 Å². The number of carbonyl (C=O) groups is 1. The van der Waals surface area contributed by atoms with E-state index in [1.165, 1.54) is 4.52 Å². The van der Waals surface area contributed by atoms with Gasteiger partial charge in [0.1, 0.15) is 0 Å². The summed E-state index contributed by atoms with van der Waals surface area (Å²) in [5, 5.41) is 3.78. The van der Waals surface area contributed by atoms with Crippen LogP contribution in [-0.2, 0) is 0 Å². The Morgan fingerprint density at radius 3 is 3.15 bits per heavy atom. The zero-order valence-corrected chi connectivity index (χ0v) is 7.95. The highest BCUT2D eigenvalue weighted by atomic mass is 79.9. The lowest BCUT2D eigenvalue weighted by molar-refractivity contribution is 0.0999. The minimum atomic E-state index is -0.502. The summed E-state index contributed by atoms with van der Waals surface area (Å²) in [4.78, 5) is 14.7. The molecule has 1 amide bonds. The summed E-state index contributed by atoms with van der Waals surface area (Å²) in [7, 11) is 0. The van der Waals surface area contributed by atoms with Crippen LogP contribution in [-0.4, -0.2) is 20.5 Å². The number of carbonyl (C=O) groups excluding carboxylic acids is 1. The molecule has 2 N–H and O–H groups in total. The van der Waals surface area contributed by atoms with Crippen LogP contribution in [0, 0.1) is 6.33 Å². The van der Waals surface area contributed by atoms with Gasteiger partial charge in [0.05, 0.1) is 10.0 Å². The van der Waals surface area contributed by atoms with Gasteiger partial charge in [-0.3, -0.25) is 4.79 Å². The predicted molar refractivity (Wildman–Crippen MR) is 48.0 cm³/mol. The lowest BCUT2D eigenvalue weighted by Gasteiger charge is -1.99. The van der Waals surface area contributed by atoms with Crippen LogP contribution in [0.4, 0.5) is 0 Å². The van der Waals surface area contributed by atoms with E-state index >= 15 is 0 Å². The molecule has 5 nitrogen and oxygen atoms in total. The number of nitrogens with two attached hydrogens (primary N) is 1. The van der Waals surface area contributed by atoms with E-state index in [1.807, 2.05) is 0 Å². The summed E-state index contributed by atoms with van der Waals surface area (Å²) in [5.74, 6) is -0.502. The molecule has 2 aromatic heterocycles. The number of aromatic nitrogens is 3. The minimum Gasteiger partial charge on any atom is -0.366 e. The van der Waals surface area contributed by atoms with E-state index in [0.29, 0.717) is 15.7 Å². The second-order valence-corrected chi connectivity index (χ2v) is 3.18. The van der Waals surface area contributed by atoms with Crippen molar-refractivity contribution in [3.8, 4) is 0 Å². The fraction of sp³-hybridized carbons (Fsp3) is 0. The van der Waals surface area contributed by atoms with Gasteiger partial charge in [-0.05, 0) is 22.0 Å². The molecule has 0 aliphatic carbocycles. The van der Waals surface area contributed by atoms with Crippen LogP contribution < -0.4 is 5.73 Å². The number of primary amides is 1. The molecule has 0 unspecified atom stereocenters. The average molecular weight is 240 g/mol. The maximum absolute atomic E-state index is 10.9. The Balaban J connectivity index is 2.80. The Morgan fingerprint density at radius 2 is 2.46 bits per heavy atom. The second-order valence-electron chi connectivity index (χ2n) is 2.39. The van der Waals surface area contributed by atoms with Crippen LogP contribution >= 0.6 is 15.9 Å². The molecule has 2 aromatic rings. The highest BCUT2D eigenvalue weighted by Crippen LogP contribution is 2.19. The van der Waals surface area contributed by atoms with Crippen molar-refractivity contribution in [1.29, 1.82) is 0 Å². The van der Waals surface area contributed by atoms with Crippen LogP contribution in [0.25, 0.3) is 5.65 Å². The highest BCUT2D eigenvalue weighted by molar-refractivity contribution is 9.10. The SMILES string of the molecule is NC(=O)c1ccn2n[c]nc2c1Br. The third kappa shape index (κ3) is 1.19. The van der Waals surface area contributed by atoms with Gasteiger partial charge in [0.2, 0.25) is 12.2 Å². The van der Waals surface area contributed by atoms with E-state index in [-0.39, 0.29) is 0 Å². The van der Waals surface area contributed by atoms with Crippen molar-refractivity contribution in [3.05, 3.63) is 28.6 Å². The van der Waals surface area contributed by atoms with Gasteiger partial charge in [-0.15, -0.1) is 5.10 Å². The molecule has 0 saturated carbocycles. The predicted octanol–water partition coefficient (Wildman–Crippen LogP) is 0.391.